The maximum Gasteiger partial charge on any atom is 0.235 e. The number of hydrogen-bond donors (Lipinski definition) is 1. The zero-order chi connectivity index (χ0) is 11.3. The lowest BCUT2D eigenvalue weighted by atomic mass is 10.1. The Kier molecular flexibility index (Phi) is 5.39. The molecule has 5 heteroatoms. The van der Waals surface area contributed by atoms with Gasteiger partial charge in [0.05, 0.1) is 10.2 Å². The molecular weight excluding hydrogens is 228 g/mol. The molecule has 1 unspecified atom stereocenters. The van der Waals surface area contributed by atoms with Crippen LogP contribution in [-0.4, -0.2) is 40.4 Å². The van der Waals surface area contributed by atoms with Crippen LogP contribution < -0.4 is 5.73 Å². The molecule has 15 heavy (non-hydrogen) atoms. The second-order valence-corrected chi connectivity index (χ2v) is 5.67. The van der Waals surface area contributed by atoms with Gasteiger partial charge in [0.2, 0.25) is 5.91 Å². The van der Waals surface area contributed by atoms with E-state index in [0.29, 0.717) is 18.0 Å². The minimum Gasteiger partial charge on any atom is -0.393 e. The van der Waals surface area contributed by atoms with Gasteiger partial charge in [0.1, 0.15) is 0 Å². The van der Waals surface area contributed by atoms with E-state index < -0.39 is 0 Å². The number of rotatable bonds is 4. The molecule has 3 nitrogen and oxygen atoms in total. The van der Waals surface area contributed by atoms with Crippen LogP contribution in [0.15, 0.2) is 0 Å². The molecule has 1 aliphatic rings. The van der Waals surface area contributed by atoms with E-state index in [1.54, 1.807) is 16.7 Å². The number of carbonyl (C=O) groups excluding carboxylic acids is 1. The Morgan fingerprint density at radius 3 is 2.87 bits per heavy atom. The van der Waals surface area contributed by atoms with Gasteiger partial charge in [-0.15, -0.1) is 11.8 Å². The van der Waals surface area contributed by atoms with Crippen molar-refractivity contribution in [2.45, 2.75) is 30.9 Å². The molecular formula is C10H18N2OS2. The van der Waals surface area contributed by atoms with E-state index in [1.807, 2.05) is 7.05 Å². The third-order valence-electron chi connectivity index (χ3n) is 2.52. The minimum atomic E-state index is 0.162. The fourth-order valence-electron chi connectivity index (χ4n) is 1.57. The van der Waals surface area contributed by atoms with Crippen molar-refractivity contribution in [2.75, 3.05) is 19.3 Å². The summed E-state index contributed by atoms with van der Waals surface area (Å²) in [5.41, 5.74) is 5.41. The molecule has 1 saturated heterocycles. The first-order valence-corrected chi connectivity index (χ1v) is 6.72. The number of carbonyl (C=O) groups is 1. The van der Waals surface area contributed by atoms with E-state index in [-0.39, 0.29) is 11.2 Å². The second-order valence-electron chi connectivity index (χ2n) is 3.83. The fraction of sp³-hybridized carbons (Fsp3) is 0.800. The average Bonchev–Trinajstić information content (AvgIpc) is 2.26. The van der Waals surface area contributed by atoms with Crippen LogP contribution >= 0.6 is 24.0 Å². The predicted octanol–water partition coefficient (Wildman–Crippen LogP) is 1.41. The monoisotopic (exact) mass is 246 g/mol. The van der Waals surface area contributed by atoms with Crippen molar-refractivity contribution < 1.29 is 4.79 Å². The Balaban J connectivity index is 2.33. The van der Waals surface area contributed by atoms with Gasteiger partial charge in [0, 0.05) is 20.0 Å². The van der Waals surface area contributed by atoms with E-state index in [9.17, 15) is 4.79 Å². The summed E-state index contributed by atoms with van der Waals surface area (Å²) in [6.45, 7) is 0.644. The van der Waals surface area contributed by atoms with Crippen molar-refractivity contribution in [3.8, 4) is 0 Å². The number of amides is 1. The lowest BCUT2D eigenvalue weighted by Gasteiger charge is -2.25. The van der Waals surface area contributed by atoms with Gasteiger partial charge in [-0.05, 0) is 18.6 Å². The van der Waals surface area contributed by atoms with Crippen molar-refractivity contribution in [2.24, 2.45) is 5.73 Å². The zero-order valence-electron chi connectivity index (χ0n) is 9.07. The number of hydrogen-bond acceptors (Lipinski definition) is 3. The molecule has 0 aromatic heterocycles. The van der Waals surface area contributed by atoms with Gasteiger partial charge in [-0.25, -0.2) is 0 Å². The summed E-state index contributed by atoms with van der Waals surface area (Å²) in [7, 11) is 1.83. The number of nitrogens with two attached hydrogens (primary N) is 1. The molecule has 1 fully saturated rings. The lowest BCUT2D eigenvalue weighted by Crippen LogP contribution is -2.37. The third-order valence-corrected chi connectivity index (χ3v) is 4.09. The van der Waals surface area contributed by atoms with Gasteiger partial charge < -0.3 is 10.6 Å². The number of thiocarbonyl (C=S) groups is 1. The van der Waals surface area contributed by atoms with Crippen molar-refractivity contribution in [1.82, 2.24) is 4.90 Å². The van der Waals surface area contributed by atoms with Crippen LogP contribution in [0.5, 0.6) is 0 Å². The normalized spacial score (nSPS) is 21.0. The number of thioether (sulfide) groups is 1. The molecule has 1 aliphatic heterocycles. The van der Waals surface area contributed by atoms with E-state index in [4.69, 9.17) is 18.0 Å². The summed E-state index contributed by atoms with van der Waals surface area (Å²) in [5.74, 6) is 1.34. The molecule has 1 atom stereocenters. The molecule has 0 radical (unpaired) electrons. The van der Waals surface area contributed by atoms with E-state index in [0.717, 1.165) is 12.2 Å². The first-order valence-electron chi connectivity index (χ1n) is 5.26. The Hall–Kier alpha value is -0.290. The maximum absolute atomic E-state index is 11.9. The Morgan fingerprint density at radius 1 is 1.60 bits per heavy atom. The molecule has 0 saturated carbocycles. The van der Waals surface area contributed by atoms with Crippen molar-refractivity contribution in [1.29, 1.82) is 0 Å². The average molecular weight is 246 g/mol. The molecule has 0 bridgehead atoms. The molecule has 0 spiro atoms. The summed E-state index contributed by atoms with van der Waals surface area (Å²) in [6, 6.07) is 0. The van der Waals surface area contributed by atoms with Crippen LogP contribution in [0.2, 0.25) is 0 Å². The molecule has 0 aromatic rings. The van der Waals surface area contributed by atoms with E-state index in [1.165, 1.54) is 12.8 Å². The largest absolute Gasteiger partial charge is 0.393 e. The van der Waals surface area contributed by atoms with Crippen molar-refractivity contribution >= 4 is 34.9 Å². The summed E-state index contributed by atoms with van der Waals surface area (Å²) in [4.78, 5) is 14.2. The summed E-state index contributed by atoms with van der Waals surface area (Å²) in [6.07, 6.45) is 4.05. The predicted molar refractivity (Wildman–Crippen MR) is 69.1 cm³/mol. The number of nitrogens with zero attached hydrogens (tertiary/aromatic N) is 1. The molecule has 0 aliphatic carbocycles. The highest BCUT2D eigenvalue weighted by Crippen LogP contribution is 2.26. The van der Waals surface area contributed by atoms with Gasteiger partial charge in [0.15, 0.2) is 0 Å². The molecule has 2 N–H and O–H groups in total. The SMILES string of the molecule is CN(CCC(N)=S)C(=O)C1CCCCS1. The summed E-state index contributed by atoms with van der Waals surface area (Å²) < 4.78 is 0. The second kappa shape index (κ2) is 6.33. The van der Waals surface area contributed by atoms with Gasteiger partial charge in [-0.1, -0.05) is 18.6 Å². The molecule has 86 valence electrons. The highest BCUT2D eigenvalue weighted by Gasteiger charge is 2.24. The van der Waals surface area contributed by atoms with Crippen LogP contribution in [0, 0.1) is 0 Å². The van der Waals surface area contributed by atoms with E-state index in [2.05, 4.69) is 0 Å². The van der Waals surface area contributed by atoms with Crippen LogP contribution in [-0.2, 0) is 4.79 Å². The molecule has 1 rings (SSSR count). The summed E-state index contributed by atoms with van der Waals surface area (Å²) in [5, 5.41) is 0.162. The summed E-state index contributed by atoms with van der Waals surface area (Å²) >= 11 is 6.57. The fourth-order valence-corrected chi connectivity index (χ4v) is 2.97. The van der Waals surface area contributed by atoms with E-state index >= 15 is 0 Å². The van der Waals surface area contributed by atoms with Crippen LogP contribution in [0.25, 0.3) is 0 Å². The van der Waals surface area contributed by atoms with Crippen LogP contribution in [0.4, 0.5) is 0 Å². The molecule has 1 heterocycles. The van der Waals surface area contributed by atoms with Gasteiger partial charge in [-0.2, -0.15) is 0 Å². The topological polar surface area (TPSA) is 46.3 Å². The maximum atomic E-state index is 11.9. The van der Waals surface area contributed by atoms with Gasteiger partial charge in [-0.3, -0.25) is 4.79 Å². The Morgan fingerprint density at radius 2 is 2.33 bits per heavy atom. The van der Waals surface area contributed by atoms with Gasteiger partial charge in [0.25, 0.3) is 0 Å². The minimum absolute atomic E-state index is 0.162. The van der Waals surface area contributed by atoms with Crippen LogP contribution in [0.1, 0.15) is 25.7 Å². The zero-order valence-corrected chi connectivity index (χ0v) is 10.7. The Bertz CT molecular complexity index is 240. The highest BCUT2D eigenvalue weighted by molar-refractivity contribution is 8.00. The smallest absolute Gasteiger partial charge is 0.235 e. The first kappa shape index (κ1) is 12.8. The first-order chi connectivity index (χ1) is 7.11. The molecule has 0 aromatic carbocycles. The van der Waals surface area contributed by atoms with Crippen LogP contribution in [0.3, 0.4) is 0 Å². The quantitative estimate of drug-likeness (QED) is 0.762. The standard InChI is InChI=1S/C10H18N2OS2/c1-12(6-5-9(11)14)10(13)8-4-2-3-7-15-8/h8H,2-7H2,1H3,(H2,11,14). The van der Waals surface area contributed by atoms with Gasteiger partial charge >= 0.3 is 0 Å². The van der Waals surface area contributed by atoms with Crippen molar-refractivity contribution in [3.63, 3.8) is 0 Å². The third kappa shape index (κ3) is 4.38. The van der Waals surface area contributed by atoms with Crippen molar-refractivity contribution in [3.05, 3.63) is 0 Å². The Labute approximate surface area is 101 Å². The molecule has 1 amide bonds. The lowest BCUT2D eigenvalue weighted by molar-refractivity contribution is -0.129. The highest BCUT2D eigenvalue weighted by atomic mass is 32.2.